The Balaban J connectivity index is 0.00000112. The number of halogens is 3. The van der Waals surface area contributed by atoms with Crippen molar-refractivity contribution in [3.63, 3.8) is 0 Å². The standard InChI is InChI=1S/C11H13F2N.ClH/c12-9-4-3-8(6-10(9)13)11(14)5-7-1-2-7;/h3-4,6-7,11H,1-2,5,14H2;1H/t11-;/m0./s1. The molecule has 1 saturated carbocycles. The van der Waals surface area contributed by atoms with E-state index in [4.69, 9.17) is 5.73 Å². The number of benzene rings is 1. The fourth-order valence-electron chi connectivity index (χ4n) is 1.59. The second kappa shape index (κ2) is 4.90. The zero-order valence-electron chi connectivity index (χ0n) is 8.25. The zero-order valence-corrected chi connectivity index (χ0v) is 9.07. The van der Waals surface area contributed by atoms with Gasteiger partial charge in [-0.3, -0.25) is 0 Å². The molecule has 1 aromatic carbocycles. The van der Waals surface area contributed by atoms with E-state index in [0.717, 1.165) is 12.5 Å². The van der Waals surface area contributed by atoms with Crippen LogP contribution >= 0.6 is 12.4 Å². The highest BCUT2D eigenvalue weighted by atomic mass is 35.5. The van der Waals surface area contributed by atoms with Gasteiger partial charge in [-0.2, -0.15) is 0 Å². The van der Waals surface area contributed by atoms with Crippen molar-refractivity contribution in [3.8, 4) is 0 Å². The maximum Gasteiger partial charge on any atom is 0.159 e. The molecule has 1 fully saturated rings. The Kier molecular flexibility index (Phi) is 4.05. The first-order valence-corrected chi connectivity index (χ1v) is 4.87. The third kappa shape index (κ3) is 3.14. The molecule has 4 heteroatoms. The predicted octanol–water partition coefficient (Wildman–Crippen LogP) is 3.19. The van der Waals surface area contributed by atoms with Gasteiger partial charge in [0.2, 0.25) is 0 Å². The minimum atomic E-state index is -0.813. The molecular formula is C11H14ClF2N. The molecule has 0 spiro atoms. The number of hydrogen-bond acceptors (Lipinski definition) is 1. The summed E-state index contributed by atoms with van der Waals surface area (Å²) >= 11 is 0. The summed E-state index contributed by atoms with van der Waals surface area (Å²) < 4.78 is 25.5. The minimum Gasteiger partial charge on any atom is -0.324 e. The molecule has 0 aromatic heterocycles. The molecule has 0 saturated heterocycles. The van der Waals surface area contributed by atoms with Crippen molar-refractivity contribution in [2.75, 3.05) is 0 Å². The Morgan fingerprint density at radius 2 is 1.93 bits per heavy atom. The van der Waals surface area contributed by atoms with Crippen molar-refractivity contribution in [1.29, 1.82) is 0 Å². The molecule has 2 rings (SSSR count). The molecule has 2 N–H and O–H groups in total. The van der Waals surface area contributed by atoms with E-state index in [-0.39, 0.29) is 18.4 Å². The van der Waals surface area contributed by atoms with Gasteiger partial charge in [-0.25, -0.2) is 8.78 Å². The van der Waals surface area contributed by atoms with Gasteiger partial charge in [-0.1, -0.05) is 18.9 Å². The van der Waals surface area contributed by atoms with Crippen molar-refractivity contribution in [1.82, 2.24) is 0 Å². The third-order valence-corrected chi connectivity index (χ3v) is 2.66. The molecule has 0 heterocycles. The van der Waals surface area contributed by atoms with Crippen LogP contribution in [0.2, 0.25) is 0 Å². The summed E-state index contributed by atoms with van der Waals surface area (Å²) in [5.41, 5.74) is 6.56. The van der Waals surface area contributed by atoms with E-state index in [1.807, 2.05) is 0 Å². The third-order valence-electron chi connectivity index (χ3n) is 2.66. The Morgan fingerprint density at radius 3 is 2.47 bits per heavy atom. The quantitative estimate of drug-likeness (QED) is 0.853. The van der Waals surface area contributed by atoms with E-state index < -0.39 is 11.6 Å². The lowest BCUT2D eigenvalue weighted by Gasteiger charge is -2.11. The average molecular weight is 234 g/mol. The second-order valence-corrected chi connectivity index (χ2v) is 3.96. The van der Waals surface area contributed by atoms with Gasteiger partial charge >= 0.3 is 0 Å². The molecule has 0 radical (unpaired) electrons. The van der Waals surface area contributed by atoms with Crippen LogP contribution in [-0.2, 0) is 0 Å². The van der Waals surface area contributed by atoms with Crippen molar-refractivity contribution >= 4 is 12.4 Å². The smallest absolute Gasteiger partial charge is 0.159 e. The van der Waals surface area contributed by atoms with Gasteiger partial charge in [-0.05, 0) is 30.0 Å². The Morgan fingerprint density at radius 1 is 1.27 bits per heavy atom. The van der Waals surface area contributed by atoms with Gasteiger partial charge in [-0.15, -0.1) is 12.4 Å². The average Bonchev–Trinajstić information content (AvgIpc) is 2.93. The first kappa shape index (κ1) is 12.4. The van der Waals surface area contributed by atoms with Gasteiger partial charge < -0.3 is 5.73 Å². The molecule has 84 valence electrons. The van der Waals surface area contributed by atoms with Gasteiger partial charge in [0.05, 0.1) is 0 Å². The molecule has 1 aliphatic carbocycles. The summed E-state index contributed by atoms with van der Waals surface area (Å²) in [6, 6.07) is 3.74. The molecule has 0 unspecified atom stereocenters. The normalized spacial score (nSPS) is 17.0. The first-order chi connectivity index (χ1) is 6.66. The van der Waals surface area contributed by atoms with Crippen LogP contribution in [0.25, 0.3) is 0 Å². The highest BCUT2D eigenvalue weighted by Crippen LogP contribution is 2.36. The second-order valence-electron chi connectivity index (χ2n) is 3.96. The van der Waals surface area contributed by atoms with Crippen molar-refractivity contribution < 1.29 is 8.78 Å². The van der Waals surface area contributed by atoms with Crippen LogP contribution in [0, 0.1) is 17.6 Å². The highest BCUT2D eigenvalue weighted by molar-refractivity contribution is 5.85. The van der Waals surface area contributed by atoms with Crippen LogP contribution in [0.4, 0.5) is 8.78 Å². The summed E-state index contributed by atoms with van der Waals surface area (Å²) in [6.07, 6.45) is 3.32. The zero-order chi connectivity index (χ0) is 10.1. The van der Waals surface area contributed by atoms with E-state index >= 15 is 0 Å². The number of nitrogens with two attached hydrogens (primary N) is 1. The lowest BCUT2D eigenvalue weighted by molar-refractivity contribution is 0.502. The van der Waals surface area contributed by atoms with Crippen LogP contribution in [0.15, 0.2) is 18.2 Å². The maximum absolute atomic E-state index is 12.9. The molecule has 15 heavy (non-hydrogen) atoms. The van der Waals surface area contributed by atoms with E-state index in [1.54, 1.807) is 6.07 Å². The lowest BCUT2D eigenvalue weighted by Crippen LogP contribution is -2.11. The fourth-order valence-corrected chi connectivity index (χ4v) is 1.59. The summed E-state index contributed by atoms with van der Waals surface area (Å²) in [4.78, 5) is 0. The molecule has 1 atom stereocenters. The number of hydrogen-bond donors (Lipinski definition) is 1. The fraction of sp³-hybridized carbons (Fsp3) is 0.455. The number of rotatable bonds is 3. The summed E-state index contributed by atoms with van der Waals surface area (Å²) in [6.45, 7) is 0. The first-order valence-electron chi connectivity index (χ1n) is 4.87. The molecule has 0 amide bonds. The van der Waals surface area contributed by atoms with Crippen molar-refractivity contribution in [2.24, 2.45) is 11.7 Å². The van der Waals surface area contributed by atoms with Crippen LogP contribution in [0.3, 0.4) is 0 Å². The minimum absolute atomic E-state index is 0. The largest absolute Gasteiger partial charge is 0.324 e. The monoisotopic (exact) mass is 233 g/mol. The Labute approximate surface area is 94.1 Å². The van der Waals surface area contributed by atoms with E-state index in [9.17, 15) is 8.78 Å². The summed E-state index contributed by atoms with van der Waals surface area (Å²) in [7, 11) is 0. The van der Waals surface area contributed by atoms with Gasteiger partial charge in [0, 0.05) is 6.04 Å². The summed E-state index contributed by atoms with van der Waals surface area (Å²) in [5, 5.41) is 0. The van der Waals surface area contributed by atoms with Gasteiger partial charge in [0.25, 0.3) is 0 Å². The maximum atomic E-state index is 12.9. The Hall–Kier alpha value is -0.670. The van der Waals surface area contributed by atoms with Gasteiger partial charge in [0.1, 0.15) is 0 Å². The van der Waals surface area contributed by atoms with Crippen molar-refractivity contribution in [2.45, 2.75) is 25.3 Å². The molecular weight excluding hydrogens is 220 g/mol. The van der Waals surface area contributed by atoms with Crippen molar-refractivity contribution in [3.05, 3.63) is 35.4 Å². The molecule has 0 bridgehead atoms. The highest BCUT2D eigenvalue weighted by Gasteiger charge is 2.24. The van der Waals surface area contributed by atoms with Crippen LogP contribution < -0.4 is 5.73 Å². The Bertz CT molecular complexity index is 339. The molecule has 0 aliphatic heterocycles. The molecule has 1 aliphatic rings. The van der Waals surface area contributed by atoms with Crippen LogP contribution in [-0.4, -0.2) is 0 Å². The van der Waals surface area contributed by atoms with E-state index in [2.05, 4.69) is 0 Å². The molecule has 1 aromatic rings. The van der Waals surface area contributed by atoms with Gasteiger partial charge in [0.15, 0.2) is 11.6 Å². The summed E-state index contributed by atoms with van der Waals surface area (Å²) in [5.74, 6) is -0.931. The molecule has 1 nitrogen and oxygen atoms in total. The topological polar surface area (TPSA) is 26.0 Å². The lowest BCUT2D eigenvalue weighted by atomic mass is 10.0. The SMILES string of the molecule is Cl.N[C@@H](CC1CC1)c1ccc(F)c(F)c1. The predicted molar refractivity (Wildman–Crippen MR) is 57.9 cm³/mol. The van der Waals surface area contributed by atoms with Crippen LogP contribution in [0.1, 0.15) is 30.9 Å². The van der Waals surface area contributed by atoms with E-state index in [1.165, 1.54) is 18.9 Å². The van der Waals surface area contributed by atoms with E-state index in [0.29, 0.717) is 11.5 Å². The van der Waals surface area contributed by atoms with Crippen LogP contribution in [0.5, 0.6) is 0 Å².